The number of aromatic amines is 1. The van der Waals surface area contributed by atoms with E-state index in [-0.39, 0.29) is 17.5 Å². The fourth-order valence-electron chi connectivity index (χ4n) is 3.61. The number of phenolic OH excluding ortho intramolecular Hbond substituents is 1. The molecule has 3 aromatic carbocycles. The van der Waals surface area contributed by atoms with E-state index in [0.29, 0.717) is 45.5 Å². The topological polar surface area (TPSA) is 144 Å². The maximum atomic E-state index is 12.4. The minimum absolute atomic E-state index is 0.0264. The Morgan fingerprint density at radius 1 is 1.02 bits per heavy atom. The minimum atomic E-state index is -0.611. The number of methoxy groups -OCH3 is 1. The molecule has 0 bridgehead atoms. The molecule has 5 rings (SSSR count). The van der Waals surface area contributed by atoms with Crippen LogP contribution < -0.4 is 15.7 Å². The van der Waals surface area contributed by atoms with Gasteiger partial charge in [-0.25, -0.2) is 14.6 Å². The number of rotatable bonds is 6. The molecule has 0 aliphatic rings. The van der Waals surface area contributed by atoms with Crippen molar-refractivity contribution >= 4 is 39.8 Å². The van der Waals surface area contributed by atoms with Crippen molar-refractivity contribution in [3.63, 3.8) is 0 Å². The van der Waals surface area contributed by atoms with E-state index in [1.807, 2.05) is 38.1 Å². The predicted molar refractivity (Wildman–Crippen MR) is 151 cm³/mol. The number of anilines is 1. The Morgan fingerprint density at radius 2 is 1.80 bits per heavy atom. The quantitative estimate of drug-likeness (QED) is 0.139. The number of amides is 1. The van der Waals surface area contributed by atoms with Gasteiger partial charge in [0, 0.05) is 28.6 Å². The number of phenols is 1. The Balaban J connectivity index is 0.000000189. The standard InChI is InChI=1S/C16H13N3O3.C14H14O4/c1-22-16(21)19-15-17-12-8-7-11(9-13(12)18-15)14(20)10-5-3-2-4-6-10;1-9(2)5-6-17-13-8-12-10(7-11(13)15)3-4-14(16)18-12/h2-9H,1H3,(H2,17,18,19,21);3-5,7-8,15H,6H2,1-2H3. The van der Waals surface area contributed by atoms with Crippen LogP contribution in [0.5, 0.6) is 11.5 Å². The van der Waals surface area contributed by atoms with Crippen LogP contribution in [0, 0.1) is 0 Å². The van der Waals surface area contributed by atoms with Gasteiger partial charge in [-0.15, -0.1) is 0 Å². The van der Waals surface area contributed by atoms with E-state index >= 15 is 0 Å². The number of carbonyl (C=O) groups excluding carboxylic acids is 2. The largest absolute Gasteiger partial charge is 0.504 e. The van der Waals surface area contributed by atoms with Gasteiger partial charge in [0.15, 0.2) is 17.3 Å². The molecule has 0 saturated heterocycles. The Bertz CT molecular complexity index is 1750. The van der Waals surface area contributed by atoms with Crippen LogP contribution in [0.2, 0.25) is 0 Å². The molecule has 0 radical (unpaired) electrons. The second-order valence-corrected chi connectivity index (χ2v) is 8.83. The fourth-order valence-corrected chi connectivity index (χ4v) is 3.61. The molecule has 10 heteroatoms. The van der Waals surface area contributed by atoms with Crippen molar-refractivity contribution in [1.29, 1.82) is 0 Å². The maximum Gasteiger partial charge on any atom is 0.413 e. The number of aromatic hydroxyl groups is 1. The second kappa shape index (κ2) is 12.4. The third-order valence-corrected chi connectivity index (χ3v) is 5.62. The molecule has 204 valence electrons. The first-order valence-electron chi connectivity index (χ1n) is 12.2. The summed E-state index contributed by atoms with van der Waals surface area (Å²) in [7, 11) is 1.27. The van der Waals surface area contributed by atoms with Gasteiger partial charge in [0.2, 0.25) is 5.95 Å². The Labute approximate surface area is 228 Å². The first kappa shape index (κ1) is 27.6. The Hall–Kier alpha value is -5.38. The molecule has 0 atom stereocenters. The summed E-state index contributed by atoms with van der Waals surface area (Å²) in [5, 5.41) is 12.9. The van der Waals surface area contributed by atoms with Crippen LogP contribution in [-0.2, 0) is 4.74 Å². The Kier molecular flexibility index (Phi) is 8.60. The number of fused-ring (bicyclic) bond motifs is 2. The molecule has 0 saturated carbocycles. The molecule has 2 aromatic heterocycles. The highest BCUT2D eigenvalue weighted by Crippen LogP contribution is 2.30. The number of hydrogen-bond acceptors (Lipinski definition) is 8. The normalized spacial score (nSPS) is 10.4. The number of nitrogens with zero attached hydrogens (tertiary/aromatic N) is 1. The SMILES string of the molecule is CC(C)=CCOc1cc2oc(=O)ccc2cc1O.COC(=O)Nc1nc2ccc(C(=O)c3ccccc3)cc2[nH]1. The number of hydrogen-bond donors (Lipinski definition) is 3. The van der Waals surface area contributed by atoms with Crippen LogP contribution in [0.4, 0.5) is 10.7 Å². The molecule has 0 aliphatic heterocycles. The highest BCUT2D eigenvalue weighted by molar-refractivity contribution is 6.10. The number of allylic oxidation sites excluding steroid dienone is 1. The zero-order chi connectivity index (χ0) is 28.6. The highest BCUT2D eigenvalue weighted by Gasteiger charge is 2.12. The van der Waals surface area contributed by atoms with Crippen molar-refractivity contribution in [3.8, 4) is 11.5 Å². The van der Waals surface area contributed by atoms with Crippen molar-refractivity contribution in [2.45, 2.75) is 13.8 Å². The van der Waals surface area contributed by atoms with Gasteiger partial charge in [0.05, 0.1) is 18.1 Å². The van der Waals surface area contributed by atoms with Crippen LogP contribution in [0.25, 0.3) is 22.0 Å². The monoisotopic (exact) mass is 541 g/mol. The number of imidazole rings is 1. The van der Waals surface area contributed by atoms with E-state index in [9.17, 15) is 19.5 Å². The van der Waals surface area contributed by atoms with Gasteiger partial charge in [-0.05, 0) is 50.3 Å². The molecular weight excluding hydrogens is 514 g/mol. The van der Waals surface area contributed by atoms with E-state index < -0.39 is 11.7 Å². The summed E-state index contributed by atoms with van der Waals surface area (Å²) in [6, 6.07) is 20.1. The number of benzene rings is 3. The Morgan fingerprint density at radius 3 is 2.52 bits per heavy atom. The van der Waals surface area contributed by atoms with Crippen molar-refractivity contribution in [2.75, 3.05) is 19.0 Å². The highest BCUT2D eigenvalue weighted by atomic mass is 16.5. The third kappa shape index (κ3) is 6.93. The van der Waals surface area contributed by atoms with Crippen LogP contribution in [0.1, 0.15) is 29.8 Å². The van der Waals surface area contributed by atoms with Crippen molar-refractivity contribution < 1.29 is 28.6 Å². The molecule has 3 N–H and O–H groups in total. The lowest BCUT2D eigenvalue weighted by atomic mass is 10.0. The van der Waals surface area contributed by atoms with Gasteiger partial charge < -0.3 is 24.0 Å². The fraction of sp³-hybridized carbons (Fsp3) is 0.133. The number of ether oxygens (including phenoxy) is 2. The van der Waals surface area contributed by atoms with E-state index in [2.05, 4.69) is 20.0 Å². The molecule has 0 spiro atoms. The molecule has 10 nitrogen and oxygen atoms in total. The van der Waals surface area contributed by atoms with Gasteiger partial charge in [0.1, 0.15) is 12.2 Å². The molecule has 40 heavy (non-hydrogen) atoms. The van der Waals surface area contributed by atoms with Crippen molar-refractivity contribution in [2.24, 2.45) is 0 Å². The lowest BCUT2D eigenvalue weighted by molar-refractivity contribution is 0.103. The van der Waals surface area contributed by atoms with Crippen LogP contribution in [-0.4, -0.2) is 40.7 Å². The molecule has 5 aromatic rings. The average molecular weight is 542 g/mol. The molecule has 1 amide bonds. The first-order valence-corrected chi connectivity index (χ1v) is 12.2. The van der Waals surface area contributed by atoms with Crippen LogP contribution in [0.3, 0.4) is 0 Å². The molecule has 2 heterocycles. The van der Waals surface area contributed by atoms with E-state index in [1.54, 1.807) is 36.4 Å². The van der Waals surface area contributed by atoms with Crippen molar-refractivity contribution in [1.82, 2.24) is 9.97 Å². The third-order valence-electron chi connectivity index (χ3n) is 5.62. The summed E-state index contributed by atoms with van der Waals surface area (Å²) in [6.45, 7) is 4.28. The number of carbonyl (C=O) groups is 2. The number of H-pyrrole nitrogens is 1. The molecule has 0 fully saturated rings. The van der Waals surface area contributed by atoms with Gasteiger partial charge in [-0.3, -0.25) is 10.1 Å². The summed E-state index contributed by atoms with van der Waals surface area (Å²) in [4.78, 5) is 41.8. The van der Waals surface area contributed by atoms with E-state index in [0.717, 1.165) is 5.57 Å². The zero-order valence-corrected chi connectivity index (χ0v) is 22.1. The van der Waals surface area contributed by atoms with Crippen molar-refractivity contribution in [3.05, 3.63) is 106 Å². The smallest absolute Gasteiger partial charge is 0.413 e. The number of ketones is 1. The minimum Gasteiger partial charge on any atom is -0.504 e. The van der Waals surface area contributed by atoms with Gasteiger partial charge in [-0.1, -0.05) is 35.9 Å². The number of nitrogens with one attached hydrogen (secondary N) is 2. The summed E-state index contributed by atoms with van der Waals surface area (Å²) < 4.78 is 14.9. The summed E-state index contributed by atoms with van der Waals surface area (Å²) >= 11 is 0. The number of aromatic nitrogens is 2. The lowest BCUT2D eigenvalue weighted by Crippen LogP contribution is -2.11. The molecule has 0 aliphatic carbocycles. The second-order valence-electron chi connectivity index (χ2n) is 8.83. The summed E-state index contributed by atoms with van der Waals surface area (Å²) in [5.74, 6) is 0.526. The lowest BCUT2D eigenvalue weighted by Gasteiger charge is -2.07. The van der Waals surface area contributed by atoms with Crippen LogP contribution >= 0.6 is 0 Å². The summed E-state index contributed by atoms with van der Waals surface area (Å²) in [5.41, 5.74) is 3.57. The van der Waals surface area contributed by atoms with E-state index in [4.69, 9.17) is 9.15 Å². The first-order chi connectivity index (χ1) is 19.2. The average Bonchev–Trinajstić information content (AvgIpc) is 3.35. The van der Waals surface area contributed by atoms with Gasteiger partial charge in [-0.2, -0.15) is 0 Å². The maximum absolute atomic E-state index is 12.4. The van der Waals surface area contributed by atoms with Crippen LogP contribution in [0.15, 0.2) is 93.7 Å². The van der Waals surface area contributed by atoms with Gasteiger partial charge in [0.25, 0.3) is 0 Å². The molecule has 0 unspecified atom stereocenters. The predicted octanol–water partition coefficient (Wildman–Crippen LogP) is 5.82. The zero-order valence-electron chi connectivity index (χ0n) is 22.1. The molecular formula is C30H27N3O7. The summed E-state index contributed by atoms with van der Waals surface area (Å²) in [6.07, 6.45) is 1.28. The van der Waals surface area contributed by atoms with Gasteiger partial charge >= 0.3 is 11.7 Å². The van der Waals surface area contributed by atoms with E-state index in [1.165, 1.54) is 25.3 Å².